The van der Waals surface area contributed by atoms with E-state index < -0.39 is 0 Å². The number of hydrogen-bond donors (Lipinski definition) is 1. The number of para-hydroxylation sites is 1. The molecule has 0 saturated heterocycles. The van der Waals surface area contributed by atoms with Gasteiger partial charge < -0.3 is 9.73 Å². The van der Waals surface area contributed by atoms with E-state index in [1.54, 1.807) is 18.2 Å². The molecule has 0 spiro atoms. The number of carbonyl (C=O) groups is 1. The van der Waals surface area contributed by atoms with Crippen LogP contribution in [0.4, 0.5) is 5.69 Å². The molecule has 23 heavy (non-hydrogen) atoms. The number of benzene rings is 2. The second kappa shape index (κ2) is 5.98. The van der Waals surface area contributed by atoms with Crippen molar-refractivity contribution in [2.24, 2.45) is 0 Å². The first-order valence-corrected chi connectivity index (χ1v) is 7.36. The van der Waals surface area contributed by atoms with Crippen molar-refractivity contribution in [2.45, 2.75) is 20.4 Å². The second-order valence-electron chi connectivity index (χ2n) is 5.43. The number of carbonyl (C=O) groups excluding carboxylic acids is 1. The maximum atomic E-state index is 11.5. The molecule has 1 heterocycles. The lowest BCUT2D eigenvalue weighted by atomic mass is 10.1. The van der Waals surface area contributed by atoms with E-state index in [-0.39, 0.29) is 5.78 Å². The van der Waals surface area contributed by atoms with E-state index in [0.29, 0.717) is 23.4 Å². The summed E-state index contributed by atoms with van der Waals surface area (Å²) in [7, 11) is 0. The predicted molar refractivity (Wildman–Crippen MR) is 89.4 cm³/mol. The van der Waals surface area contributed by atoms with Crippen LogP contribution in [-0.2, 0) is 6.54 Å². The summed E-state index contributed by atoms with van der Waals surface area (Å²) in [5.74, 6) is 0.792. The van der Waals surface area contributed by atoms with Crippen LogP contribution in [0.25, 0.3) is 11.0 Å². The van der Waals surface area contributed by atoms with Crippen LogP contribution in [0.2, 0.25) is 0 Å². The van der Waals surface area contributed by atoms with E-state index in [1.165, 1.54) is 6.92 Å². The van der Waals surface area contributed by atoms with Crippen LogP contribution in [0.15, 0.2) is 46.9 Å². The van der Waals surface area contributed by atoms with Crippen LogP contribution >= 0.6 is 0 Å². The first-order valence-electron chi connectivity index (χ1n) is 7.36. The van der Waals surface area contributed by atoms with Gasteiger partial charge in [-0.25, -0.2) is 0 Å². The van der Waals surface area contributed by atoms with Crippen molar-refractivity contribution in [3.8, 4) is 6.07 Å². The highest BCUT2D eigenvalue weighted by Crippen LogP contribution is 2.26. The molecule has 3 aromatic rings. The molecule has 0 aliphatic rings. The van der Waals surface area contributed by atoms with Gasteiger partial charge in [-0.3, -0.25) is 4.79 Å². The number of anilines is 1. The lowest BCUT2D eigenvalue weighted by Crippen LogP contribution is -2.03. The topological polar surface area (TPSA) is 66.0 Å². The highest BCUT2D eigenvalue weighted by molar-refractivity contribution is 5.95. The van der Waals surface area contributed by atoms with E-state index in [2.05, 4.69) is 11.4 Å². The van der Waals surface area contributed by atoms with Crippen molar-refractivity contribution in [3.05, 3.63) is 64.9 Å². The van der Waals surface area contributed by atoms with Gasteiger partial charge in [0.05, 0.1) is 17.8 Å². The summed E-state index contributed by atoms with van der Waals surface area (Å²) >= 11 is 0. The number of nitrogens with one attached hydrogen (secondary N) is 1. The van der Waals surface area contributed by atoms with Gasteiger partial charge in [-0.2, -0.15) is 5.26 Å². The largest absolute Gasteiger partial charge is 0.459 e. The van der Waals surface area contributed by atoms with Crippen LogP contribution in [0.5, 0.6) is 0 Å². The van der Waals surface area contributed by atoms with Crippen LogP contribution in [0.1, 0.15) is 34.2 Å². The summed E-state index contributed by atoms with van der Waals surface area (Å²) in [6.45, 7) is 3.98. The summed E-state index contributed by atoms with van der Waals surface area (Å²) in [6, 6.07) is 15.0. The number of ketones is 1. The van der Waals surface area contributed by atoms with Crippen molar-refractivity contribution in [1.29, 1.82) is 5.26 Å². The van der Waals surface area contributed by atoms with Crippen LogP contribution < -0.4 is 5.32 Å². The third kappa shape index (κ3) is 2.82. The second-order valence-corrected chi connectivity index (χ2v) is 5.43. The van der Waals surface area contributed by atoms with E-state index >= 15 is 0 Å². The number of rotatable bonds is 4. The fourth-order valence-electron chi connectivity index (χ4n) is 2.58. The molecular weight excluding hydrogens is 288 g/mol. The van der Waals surface area contributed by atoms with Crippen LogP contribution in [0.3, 0.4) is 0 Å². The Hall–Kier alpha value is -3.06. The molecule has 0 bridgehead atoms. The minimum absolute atomic E-state index is 0.0301. The normalized spacial score (nSPS) is 10.5. The summed E-state index contributed by atoms with van der Waals surface area (Å²) in [5.41, 5.74) is 3.64. The molecule has 1 N–H and O–H groups in total. The zero-order chi connectivity index (χ0) is 16.4. The van der Waals surface area contributed by atoms with Gasteiger partial charge in [-0.05, 0) is 38.1 Å². The Morgan fingerprint density at radius 2 is 2.04 bits per heavy atom. The first-order chi connectivity index (χ1) is 11.1. The van der Waals surface area contributed by atoms with Crippen molar-refractivity contribution in [2.75, 3.05) is 5.32 Å². The van der Waals surface area contributed by atoms with Gasteiger partial charge >= 0.3 is 0 Å². The predicted octanol–water partition coefficient (Wildman–Crippen LogP) is 4.43. The number of Topliss-reactive ketones (excluding diaryl/α,β-unsaturated/α-hetero) is 1. The molecule has 114 valence electrons. The standard InChI is InChI=1S/C19H16N2O2/c1-12-16-5-3-4-6-18(16)23-19(12)11-21-17-9-14(13(2)22)7-8-15(17)10-20/h3-9,21H,11H2,1-2H3. The molecule has 2 aromatic carbocycles. The van der Waals surface area contributed by atoms with Gasteiger partial charge in [0.2, 0.25) is 0 Å². The molecule has 0 aliphatic carbocycles. The lowest BCUT2D eigenvalue weighted by Gasteiger charge is -2.08. The number of furan rings is 1. The van der Waals surface area contributed by atoms with E-state index in [9.17, 15) is 10.1 Å². The molecule has 3 rings (SSSR count). The number of hydrogen-bond acceptors (Lipinski definition) is 4. The summed E-state index contributed by atoms with van der Waals surface area (Å²) < 4.78 is 5.86. The fourth-order valence-corrected chi connectivity index (χ4v) is 2.58. The lowest BCUT2D eigenvalue weighted by molar-refractivity contribution is 0.101. The van der Waals surface area contributed by atoms with Gasteiger partial charge in [0, 0.05) is 16.5 Å². The summed E-state index contributed by atoms with van der Waals surface area (Å²) in [4.78, 5) is 11.5. The van der Waals surface area contributed by atoms with Crippen molar-refractivity contribution in [1.82, 2.24) is 0 Å². The van der Waals surface area contributed by atoms with Gasteiger partial charge in [-0.15, -0.1) is 0 Å². The highest BCUT2D eigenvalue weighted by atomic mass is 16.3. The molecule has 4 heteroatoms. The number of nitriles is 1. The monoisotopic (exact) mass is 304 g/mol. The van der Waals surface area contributed by atoms with Gasteiger partial charge in [0.25, 0.3) is 0 Å². The Balaban J connectivity index is 1.90. The molecule has 0 unspecified atom stereocenters. The molecule has 1 aromatic heterocycles. The Morgan fingerprint density at radius 1 is 1.26 bits per heavy atom. The van der Waals surface area contributed by atoms with Crippen LogP contribution in [0, 0.1) is 18.3 Å². The Morgan fingerprint density at radius 3 is 2.74 bits per heavy atom. The highest BCUT2D eigenvalue weighted by Gasteiger charge is 2.11. The molecular formula is C19H16N2O2. The molecule has 0 atom stereocenters. The Labute approximate surface area is 134 Å². The number of fused-ring (bicyclic) bond motifs is 1. The average molecular weight is 304 g/mol. The van der Waals surface area contributed by atoms with Crippen molar-refractivity contribution in [3.63, 3.8) is 0 Å². The van der Waals surface area contributed by atoms with E-state index in [4.69, 9.17) is 4.42 Å². The molecule has 4 nitrogen and oxygen atoms in total. The van der Waals surface area contributed by atoms with Crippen molar-refractivity contribution < 1.29 is 9.21 Å². The zero-order valence-electron chi connectivity index (χ0n) is 13.0. The molecule has 0 radical (unpaired) electrons. The molecule has 0 aliphatic heterocycles. The van der Waals surface area contributed by atoms with E-state index in [0.717, 1.165) is 22.3 Å². The molecule has 0 saturated carbocycles. The SMILES string of the molecule is CC(=O)c1ccc(C#N)c(NCc2oc3ccccc3c2C)c1. The fraction of sp³-hybridized carbons (Fsp3) is 0.158. The average Bonchev–Trinajstić information content (AvgIpc) is 2.89. The van der Waals surface area contributed by atoms with Gasteiger partial charge in [0.1, 0.15) is 17.4 Å². The Bertz CT molecular complexity index is 932. The molecule has 0 amide bonds. The molecule has 0 fully saturated rings. The minimum atomic E-state index is -0.0301. The van der Waals surface area contributed by atoms with Gasteiger partial charge in [0.15, 0.2) is 5.78 Å². The van der Waals surface area contributed by atoms with Gasteiger partial charge in [-0.1, -0.05) is 18.2 Å². The third-order valence-electron chi connectivity index (χ3n) is 3.93. The zero-order valence-corrected chi connectivity index (χ0v) is 13.0. The minimum Gasteiger partial charge on any atom is -0.459 e. The van der Waals surface area contributed by atoms with E-state index in [1.807, 2.05) is 31.2 Å². The smallest absolute Gasteiger partial charge is 0.159 e. The first kappa shape index (κ1) is 14.9. The number of aryl methyl sites for hydroxylation is 1. The quantitative estimate of drug-likeness (QED) is 0.724. The van der Waals surface area contributed by atoms with Crippen molar-refractivity contribution >= 4 is 22.4 Å². The maximum absolute atomic E-state index is 11.5. The Kier molecular flexibility index (Phi) is 3.86. The maximum Gasteiger partial charge on any atom is 0.159 e. The summed E-state index contributed by atoms with van der Waals surface area (Å²) in [5, 5.41) is 13.5. The third-order valence-corrected chi connectivity index (χ3v) is 3.93. The van der Waals surface area contributed by atoms with Crippen LogP contribution in [-0.4, -0.2) is 5.78 Å². The number of nitrogens with zero attached hydrogens (tertiary/aromatic N) is 1. The summed E-state index contributed by atoms with van der Waals surface area (Å²) in [6.07, 6.45) is 0.